The van der Waals surface area contributed by atoms with E-state index in [1.807, 2.05) is 0 Å². The molecule has 1 aliphatic rings. The minimum Gasteiger partial charge on any atom is -0.497 e. The lowest BCUT2D eigenvalue weighted by atomic mass is 10.1. The van der Waals surface area contributed by atoms with E-state index >= 15 is 0 Å². The van der Waals surface area contributed by atoms with Gasteiger partial charge in [-0.1, -0.05) is 23.7 Å². The fourth-order valence-corrected chi connectivity index (χ4v) is 3.74. The van der Waals surface area contributed by atoms with E-state index in [1.165, 1.54) is 6.07 Å². The summed E-state index contributed by atoms with van der Waals surface area (Å²) in [5.41, 5.74) is 1.36. The number of anilines is 1. The summed E-state index contributed by atoms with van der Waals surface area (Å²) in [6, 6.07) is 18.1. The Morgan fingerprint density at radius 3 is 2.47 bits per heavy atom. The smallest absolute Gasteiger partial charge is 0.262 e. The molecule has 6 nitrogen and oxygen atoms in total. The van der Waals surface area contributed by atoms with Crippen LogP contribution in [0.4, 0.5) is 10.1 Å². The van der Waals surface area contributed by atoms with Crippen LogP contribution in [0.1, 0.15) is 28.8 Å². The van der Waals surface area contributed by atoms with Crippen LogP contribution in [-0.2, 0) is 11.3 Å². The van der Waals surface area contributed by atoms with Crippen LogP contribution in [0.25, 0.3) is 0 Å². The topological polar surface area (TPSA) is 67.9 Å². The lowest BCUT2D eigenvalue weighted by Crippen LogP contribution is -2.33. The predicted octanol–water partition coefficient (Wildman–Crippen LogP) is 5.31. The number of ether oxygens (including phenoxy) is 2. The third kappa shape index (κ3) is 5.85. The molecule has 0 atom stereocenters. The van der Waals surface area contributed by atoms with Gasteiger partial charge in [-0.15, -0.1) is 0 Å². The highest BCUT2D eigenvalue weighted by Crippen LogP contribution is 2.32. The molecular weight excluding hydrogens is 459 g/mol. The Kier molecular flexibility index (Phi) is 7.33. The number of nitrogens with one attached hydrogen (secondary N) is 1. The van der Waals surface area contributed by atoms with Gasteiger partial charge in [-0.25, -0.2) is 4.39 Å². The fraction of sp³-hybridized carbons (Fsp3) is 0.231. The Morgan fingerprint density at radius 2 is 1.79 bits per heavy atom. The number of methoxy groups -OCH3 is 1. The second-order valence-electron chi connectivity index (χ2n) is 7.96. The lowest BCUT2D eigenvalue weighted by molar-refractivity contribution is -0.118. The Hall–Kier alpha value is -3.58. The fourth-order valence-electron chi connectivity index (χ4n) is 3.51. The zero-order chi connectivity index (χ0) is 24.1. The standard InChI is InChI=1S/C26H24ClFN2O4/c1-33-21-5-2-4-18(14-21)29-25(31)16-34-20-12-8-17(9-13-20)26(32)30(19-10-11-19)15-22-23(27)6-3-7-24(22)28/h2-9,12-14,19H,10-11,15-16H2,1H3,(H,29,31). The molecule has 1 aliphatic carbocycles. The van der Waals surface area contributed by atoms with Gasteiger partial charge in [0.1, 0.15) is 17.3 Å². The number of hydrogen-bond donors (Lipinski definition) is 1. The molecule has 0 radical (unpaired) electrons. The Bertz CT molecular complexity index is 1160. The van der Waals surface area contributed by atoms with Gasteiger partial charge in [0.15, 0.2) is 6.61 Å². The zero-order valence-corrected chi connectivity index (χ0v) is 19.3. The number of carbonyl (C=O) groups excluding carboxylic acids is 2. The number of amides is 2. The molecule has 2 amide bonds. The van der Waals surface area contributed by atoms with E-state index in [0.717, 1.165) is 12.8 Å². The quantitative estimate of drug-likeness (QED) is 0.449. The average Bonchev–Trinajstić information content (AvgIpc) is 3.68. The Labute approximate surface area is 202 Å². The molecule has 0 heterocycles. The van der Waals surface area contributed by atoms with Gasteiger partial charge >= 0.3 is 0 Å². The van der Waals surface area contributed by atoms with Crippen LogP contribution in [0, 0.1) is 5.82 Å². The molecule has 8 heteroatoms. The molecule has 1 N–H and O–H groups in total. The zero-order valence-electron chi connectivity index (χ0n) is 18.6. The van der Waals surface area contributed by atoms with Crippen LogP contribution in [0.2, 0.25) is 5.02 Å². The monoisotopic (exact) mass is 482 g/mol. The van der Waals surface area contributed by atoms with Gasteiger partial charge in [-0.3, -0.25) is 9.59 Å². The van der Waals surface area contributed by atoms with Crippen LogP contribution >= 0.6 is 11.6 Å². The third-order valence-electron chi connectivity index (χ3n) is 5.46. The predicted molar refractivity (Wildman–Crippen MR) is 128 cm³/mol. The van der Waals surface area contributed by atoms with Crippen molar-refractivity contribution in [2.75, 3.05) is 19.0 Å². The molecule has 4 rings (SSSR count). The van der Waals surface area contributed by atoms with E-state index in [9.17, 15) is 14.0 Å². The summed E-state index contributed by atoms with van der Waals surface area (Å²) >= 11 is 6.16. The maximum atomic E-state index is 14.3. The van der Waals surface area contributed by atoms with Gasteiger partial charge in [0, 0.05) is 33.9 Å². The highest BCUT2D eigenvalue weighted by molar-refractivity contribution is 6.31. The van der Waals surface area contributed by atoms with Crippen LogP contribution in [0.3, 0.4) is 0 Å². The number of nitrogens with zero attached hydrogens (tertiary/aromatic N) is 1. The number of hydrogen-bond acceptors (Lipinski definition) is 4. The third-order valence-corrected chi connectivity index (χ3v) is 5.82. The number of carbonyl (C=O) groups is 2. The van der Waals surface area contributed by atoms with Crippen molar-refractivity contribution in [3.05, 3.63) is 88.7 Å². The van der Waals surface area contributed by atoms with E-state index in [2.05, 4.69) is 5.32 Å². The van der Waals surface area contributed by atoms with Crippen molar-refractivity contribution in [2.24, 2.45) is 0 Å². The highest BCUT2D eigenvalue weighted by atomic mass is 35.5. The van der Waals surface area contributed by atoms with Crippen LogP contribution in [-0.4, -0.2) is 36.5 Å². The van der Waals surface area contributed by atoms with Crippen molar-refractivity contribution in [3.63, 3.8) is 0 Å². The molecule has 34 heavy (non-hydrogen) atoms. The van der Waals surface area contributed by atoms with E-state index in [0.29, 0.717) is 33.3 Å². The first-order valence-electron chi connectivity index (χ1n) is 10.8. The second kappa shape index (κ2) is 10.6. The van der Waals surface area contributed by atoms with Crippen molar-refractivity contribution in [2.45, 2.75) is 25.4 Å². The Morgan fingerprint density at radius 1 is 1.06 bits per heavy atom. The molecular formula is C26H24ClFN2O4. The van der Waals surface area contributed by atoms with Crippen molar-refractivity contribution in [1.29, 1.82) is 0 Å². The van der Waals surface area contributed by atoms with E-state index in [4.69, 9.17) is 21.1 Å². The molecule has 0 aromatic heterocycles. The van der Waals surface area contributed by atoms with Crippen LogP contribution < -0.4 is 14.8 Å². The van der Waals surface area contributed by atoms with Crippen molar-refractivity contribution in [3.8, 4) is 11.5 Å². The highest BCUT2D eigenvalue weighted by Gasteiger charge is 2.34. The summed E-state index contributed by atoms with van der Waals surface area (Å²) in [6.45, 7) is -0.0812. The largest absolute Gasteiger partial charge is 0.497 e. The lowest BCUT2D eigenvalue weighted by Gasteiger charge is -2.23. The molecule has 1 saturated carbocycles. The minimum absolute atomic E-state index is 0.0689. The van der Waals surface area contributed by atoms with Crippen LogP contribution in [0.15, 0.2) is 66.7 Å². The summed E-state index contributed by atoms with van der Waals surface area (Å²) in [5, 5.41) is 3.04. The van der Waals surface area contributed by atoms with Crippen LogP contribution in [0.5, 0.6) is 11.5 Å². The van der Waals surface area contributed by atoms with E-state index < -0.39 is 5.82 Å². The summed E-state index contributed by atoms with van der Waals surface area (Å²) in [7, 11) is 1.55. The first kappa shape index (κ1) is 23.6. The molecule has 1 fully saturated rings. The molecule has 3 aromatic rings. The average molecular weight is 483 g/mol. The van der Waals surface area contributed by atoms with Gasteiger partial charge in [0.25, 0.3) is 11.8 Å². The SMILES string of the molecule is COc1cccc(NC(=O)COc2ccc(C(=O)N(Cc3c(F)cccc3Cl)C3CC3)cc2)c1. The maximum absolute atomic E-state index is 14.3. The van der Waals surface area contributed by atoms with E-state index in [1.54, 1.807) is 72.7 Å². The van der Waals surface area contributed by atoms with Crippen molar-refractivity contribution < 1.29 is 23.5 Å². The maximum Gasteiger partial charge on any atom is 0.262 e. The number of benzene rings is 3. The van der Waals surface area contributed by atoms with Gasteiger partial charge in [0.05, 0.1) is 13.7 Å². The van der Waals surface area contributed by atoms with Gasteiger partial charge < -0.3 is 19.7 Å². The van der Waals surface area contributed by atoms with Gasteiger partial charge in [-0.2, -0.15) is 0 Å². The van der Waals surface area contributed by atoms with Crippen molar-refractivity contribution >= 4 is 29.1 Å². The molecule has 3 aromatic carbocycles. The molecule has 0 spiro atoms. The van der Waals surface area contributed by atoms with Gasteiger partial charge in [-0.05, 0) is 61.4 Å². The summed E-state index contributed by atoms with van der Waals surface area (Å²) in [6.07, 6.45) is 1.75. The summed E-state index contributed by atoms with van der Waals surface area (Å²) in [5.74, 6) is 0.130. The van der Waals surface area contributed by atoms with Crippen molar-refractivity contribution in [1.82, 2.24) is 4.90 Å². The van der Waals surface area contributed by atoms with Gasteiger partial charge in [0.2, 0.25) is 0 Å². The summed E-state index contributed by atoms with van der Waals surface area (Å²) < 4.78 is 24.9. The normalized spacial score (nSPS) is 12.7. The first-order valence-corrected chi connectivity index (χ1v) is 11.2. The molecule has 0 saturated heterocycles. The minimum atomic E-state index is -0.429. The first-order chi connectivity index (χ1) is 16.4. The molecule has 0 bridgehead atoms. The van der Waals surface area contributed by atoms with E-state index in [-0.39, 0.29) is 31.0 Å². The number of rotatable bonds is 9. The number of halogens is 2. The second-order valence-corrected chi connectivity index (χ2v) is 8.36. The Balaban J connectivity index is 1.36. The summed E-state index contributed by atoms with van der Waals surface area (Å²) in [4.78, 5) is 27.0. The molecule has 0 aliphatic heterocycles. The molecule has 0 unspecified atom stereocenters. The molecule has 176 valence electrons.